The highest BCUT2D eigenvalue weighted by molar-refractivity contribution is 5.67. The molecule has 1 aliphatic carbocycles. The summed E-state index contributed by atoms with van der Waals surface area (Å²) in [7, 11) is 0. The van der Waals surface area contributed by atoms with Gasteiger partial charge < -0.3 is 10.4 Å². The maximum absolute atomic E-state index is 11.2. The predicted octanol–water partition coefficient (Wildman–Crippen LogP) is 5.09. The SMILES string of the molecule is O=C(O)CC1(CCc2ccc(CCCNc3ccccn3)cc2)CCCC1. The van der Waals surface area contributed by atoms with Crippen molar-refractivity contribution < 1.29 is 9.90 Å². The molecule has 0 amide bonds. The fourth-order valence-corrected chi connectivity index (χ4v) is 4.22. The number of nitrogens with one attached hydrogen (secondary N) is 1. The van der Waals surface area contributed by atoms with Crippen molar-refractivity contribution in [3.63, 3.8) is 0 Å². The average molecular weight is 367 g/mol. The van der Waals surface area contributed by atoms with E-state index in [4.69, 9.17) is 0 Å². The molecule has 2 aromatic rings. The molecule has 3 rings (SSSR count). The smallest absolute Gasteiger partial charge is 0.303 e. The number of anilines is 1. The molecular formula is C23H30N2O2. The minimum absolute atomic E-state index is 0.0294. The number of carboxylic acids is 1. The second-order valence-corrected chi connectivity index (χ2v) is 7.84. The van der Waals surface area contributed by atoms with E-state index in [1.807, 2.05) is 18.2 Å². The van der Waals surface area contributed by atoms with E-state index in [0.717, 1.165) is 50.9 Å². The van der Waals surface area contributed by atoms with E-state index in [9.17, 15) is 9.90 Å². The Morgan fingerprint density at radius 3 is 2.37 bits per heavy atom. The number of benzene rings is 1. The third kappa shape index (κ3) is 6.09. The van der Waals surface area contributed by atoms with E-state index in [-0.39, 0.29) is 5.41 Å². The molecule has 1 aromatic heterocycles. The second kappa shape index (κ2) is 9.54. The summed E-state index contributed by atoms with van der Waals surface area (Å²) in [6.45, 7) is 0.913. The van der Waals surface area contributed by atoms with Gasteiger partial charge in [-0.25, -0.2) is 4.98 Å². The maximum atomic E-state index is 11.2. The minimum atomic E-state index is -0.647. The van der Waals surface area contributed by atoms with Crippen molar-refractivity contribution in [2.75, 3.05) is 11.9 Å². The Kier molecular flexibility index (Phi) is 6.86. The number of carbonyl (C=O) groups is 1. The zero-order chi connectivity index (χ0) is 19.0. The normalized spacial score (nSPS) is 15.6. The fraction of sp³-hybridized carbons (Fsp3) is 0.478. The molecule has 27 heavy (non-hydrogen) atoms. The number of carboxylic acid groups (broad SMARTS) is 1. The van der Waals surface area contributed by atoms with Crippen LogP contribution in [0, 0.1) is 5.41 Å². The zero-order valence-corrected chi connectivity index (χ0v) is 16.0. The van der Waals surface area contributed by atoms with E-state index >= 15 is 0 Å². The van der Waals surface area contributed by atoms with Crippen LogP contribution in [-0.2, 0) is 17.6 Å². The molecule has 2 N–H and O–H groups in total. The summed E-state index contributed by atoms with van der Waals surface area (Å²) in [5, 5.41) is 12.6. The van der Waals surface area contributed by atoms with Gasteiger partial charge in [0, 0.05) is 12.7 Å². The molecular weight excluding hydrogens is 336 g/mol. The van der Waals surface area contributed by atoms with E-state index in [1.54, 1.807) is 6.20 Å². The molecule has 1 aliphatic rings. The quantitative estimate of drug-likeness (QED) is 0.575. The first kappa shape index (κ1) is 19.4. The predicted molar refractivity (Wildman–Crippen MR) is 109 cm³/mol. The molecule has 1 fully saturated rings. The molecule has 0 bridgehead atoms. The van der Waals surface area contributed by atoms with Gasteiger partial charge in [-0.3, -0.25) is 4.79 Å². The summed E-state index contributed by atoms with van der Waals surface area (Å²) in [5.74, 6) is 0.279. The Balaban J connectivity index is 1.42. The number of aryl methyl sites for hydroxylation is 2. The molecule has 144 valence electrons. The second-order valence-electron chi connectivity index (χ2n) is 7.84. The first-order chi connectivity index (χ1) is 13.2. The molecule has 4 heteroatoms. The van der Waals surface area contributed by atoms with Gasteiger partial charge in [0.25, 0.3) is 0 Å². The lowest BCUT2D eigenvalue weighted by atomic mass is 9.77. The highest BCUT2D eigenvalue weighted by Gasteiger charge is 2.35. The maximum Gasteiger partial charge on any atom is 0.303 e. The summed E-state index contributed by atoms with van der Waals surface area (Å²) in [5.41, 5.74) is 2.70. The largest absolute Gasteiger partial charge is 0.481 e. The lowest BCUT2D eigenvalue weighted by Gasteiger charge is -2.27. The summed E-state index contributed by atoms with van der Waals surface area (Å²) >= 11 is 0. The monoisotopic (exact) mass is 366 g/mol. The van der Waals surface area contributed by atoms with Gasteiger partial charge in [0.2, 0.25) is 0 Å². The van der Waals surface area contributed by atoms with E-state index in [2.05, 4.69) is 34.6 Å². The Hall–Kier alpha value is -2.36. The van der Waals surface area contributed by atoms with Gasteiger partial charge in [0.15, 0.2) is 0 Å². The first-order valence-electron chi connectivity index (χ1n) is 10.1. The number of nitrogens with zero attached hydrogens (tertiary/aromatic N) is 1. The van der Waals surface area contributed by atoms with Crippen LogP contribution < -0.4 is 5.32 Å². The Morgan fingerprint density at radius 1 is 1.04 bits per heavy atom. The third-order valence-corrected chi connectivity index (χ3v) is 5.77. The number of hydrogen-bond acceptors (Lipinski definition) is 3. The van der Waals surface area contributed by atoms with Gasteiger partial charge in [-0.2, -0.15) is 0 Å². The summed E-state index contributed by atoms with van der Waals surface area (Å²) < 4.78 is 0. The topological polar surface area (TPSA) is 62.2 Å². The average Bonchev–Trinajstić information content (AvgIpc) is 3.13. The van der Waals surface area contributed by atoms with Gasteiger partial charge in [0.1, 0.15) is 5.82 Å². The molecule has 1 heterocycles. The Labute approximate surface area is 162 Å². The zero-order valence-electron chi connectivity index (χ0n) is 16.0. The van der Waals surface area contributed by atoms with Crippen molar-refractivity contribution in [2.24, 2.45) is 5.41 Å². The molecule has 1 saturated carbocycles. The van der Waals surface area contributed by atoms with Crippen molar-refractivity contribution in [1.82, 2.24) is 4.98 Å². The van der Waals surface area contributed by atoms with Crippen LogP contribution in [0.25, 0.3) is 0 Å². The van der Waals surface area contributed by atoms with Crippen LogP contribution in [0.3, 0.4) is 0 Å². The fourth-order valence-electron chi connectivity index (χ4n) is 4.22. The minimum Gasteiger partial charge on any atom is -0.481 e. The lowest BCUT2D eigenvalue weighted by Crippen LogP contribution is -2.21. The molecule has 0 unspecified atom stereocenters. The van der Waals surface area contributed by atoms with Crippen LogP contribution in [0.15, 0.2) is 48.7 Å². The molecule has 0 spiro atoms. The van der Waals surface area contributed by atoms with Crippen LogP contribution in [0.2, 0.25) is 0 Å². The first-order valence-corrected chi connectivity index (χ1v) is 10.1. The highest BCUT2D eigenvalue weighted by atomic mass is 16.4. The summed E-state index contributed by atoms with van der Waals surface area (Å²) in [6, 6.07) is 14.7. The van der Waals surface area contributed by atoms with Crippen molar-refractivity contribution in [1.29, 1.82) is 0 Å². The molecule has 4 nitrogen and oxygen atoms in total. The highest BCUT2D eigenvalue weighted by Crippen LogP contribution is 2.44. The van der Waals surface area contributed by atoms with Gasteiger partial charge in [-0.05, 0) is 67.2 Å². The van der Waals surface area contributed by atoms with E-state index in [0.29, 0.717) is 6.42 Å². The number of aliphatic carboxylic acids is 1. The van der Waals surface area contributed by atoms with Crippen molar-refractivity contribution in [2.45, 2.75) is 57.8 Å². The van der Waals surface area contributed by atoms with E-state index in [1.165, 1.54) is 24.0 Å². The third-order valence-electron chi connectivity index (χ3n) is 5.77. The van der Waals surface area contributed by atoms with Crippen LogP contribution in [0.1, 0.15) is 56.1 Å². The van der Waals surface area contributed by atoms with Gasteiger partial charge in [-0.1, -0.05) is 43.2 Å². The van der Waals surface area contributed by atoms with E-state index < -0.39 is 5.97 Å². The van der Waals surface area contributed by atoms with Crippen molar-refractivity contribution in [3.05, 3.63) is 59.8 Å². The number of rotatable bonds is 10. The molecule has 1 aromatic carbocycles. The Morgan fingerprint density at radius 2 is 1.74 bits per heavy atom. The van der Waals surface area contributed by atoms with Crippen molar-refractivity contribution >= 4 is 11.8 Å². The van der Waals surface area contributed by atoms with Crippen LogP contribution >= 0.6 is 0 Å². The Bertz CT molecular complexity index is 707. The standard InChI is InChI=1S/C23H30N2O2/c26-22(27)18-23(13-2-3-14-23)15-12-20-10-8-19(9-11-20)6-5-17-25-21-7-1-4-16-24-21/h1,4,7-11,16H,2-3,5-6,12-15,17-18H2,(H,24,25)(H,26,27). The number of pyridine rings is 1. The molecule has 0 radical (unpaired) electrons. The van der Waals surface area contributed by atoms with Gasteiger partial charge in [0.05, 0.1) is 6.42 Å². The van der Waals surface area contributed by atoms with Crippen molar-refractivity contribution in [3.8, 4) is 0 Å². The summed E-state index contributed by atoms with van der Waals surface area (Å²) in [4.78, 5) is 15.5. The van der Waals surface area contributed by atoms with Crippen LogP contribution in [0.4, 0.5) is 5.82 Å². The summed E-state index contributed by atoms with van der Waals surface area (Å²) in [6.07, 6.45) is 10.7. The molecule has 0 atom stereocenters. The lowest BCUT2D eigenvalue weighted by molar-refractivity contribution is -0.139. The van der Waals surface area contributed by atoms with Crippen LogP contribution in [0.5, 0.6) is 0 Å². The van der Waals surface area contributed by atoms with Gasteiger partial charge in [-0.15, -0.1) is 0 Å². The number of hydrogen-bond donors (Lipinski definition) is 2. The molecule has 0 aliphatic heterocycles. The van der Waals surface area contributed by atoms with Gasteiger partial charge >= 0.3 is 5.97 Å². The molecule has 0 saturated heterocycles. The van der Waals surface area contributed by atoms with Crippen LogP contribution in [-0.4, -0.2) is 22.6 Å². The number of aromatic nitrogens is 1.